The quantitative estimate of drug-likeness (QED) is 0.705. The number of hydrogen-bond donors (Lipinski definition) is 1. The van der Waals surface area contributed by atoms with Crippen molar-refractivity contribution < 1.29 is 4.74 Å². The number of rotatable bonds is 4. The van der Waals surface area contributed by atoms with Crippen molar-refractivity contribution >= 4 is 32.5 Å². The Morgan fingerprint density at radius 2 is 1.90 bits per heavy atom. The van der Waals surface area contributed by atoms with Crippen LogP contribution in [0.4, 0.5) is 5.82 Å². The fourth-order valence-electron chi connectivity index (χ4n) is 2.16. The van der Waals surface area contributed by atoms with E-state index in [0.717, 1.165) is 28.0 Å². The lowest BCUT2D eigenvalue weighted by molar-refractivity contribution is 0.461. The van der Waals surface area contributed by atoms with Crippen molar-refractivity contribution in [3.05, 3.63) is 59.1 Å². The van der Waals surface area contributed by atoms with Crippen LogP contribution in [0.25, 0.3) is 10.8 Å². The molecule has 21 heavy (non-hydrogen) atoms. The smallest absolute Gasteiger partial charge is 0.221 e. The predicted molar refractivity (Wildman–Crippen MR) is 90.1 cm³/mol. The minimum absolute atomic E-state index is 0.574. The van der Waals surface area contributed by atoms with Crippen LogP contribution in [0.15, 0.2) is 59.1 Å². The first-order valence-electron chi connectivity index (χ1n) is 6.84. The Morgan fingerprint density at radius 1 is 1.05 bits per heavy atom. The number of ether oxygens (including phenoxy) is 1. The van der Waals surface area contributed by atoms with Gasteiger partial charge in [-0.3, -0.25) is 0 Å². The second-order valence-corrected chi connectivity index (χ2v) is 5.39. The van der Waals surface area contributed by atoms with Crippen LogP contribution >= 0.6 is 15.9 Å². The SMILES string of the molecule is CCNc1cccc(Oc2ccc3ccccc3c2Br)n1. The molecule has 0 saturated carbocycles. The number of anilines is 1. The highest BCUT2D eigenvalue weighted by Gasteiger charge is 2.08. The van der Waals surface area contributed by atoms with Gasteiger partial charge in [-0.2, -0.15) is 4.98 Å². The van der Waals surface area contributed by atoms with Gasteiger partial charge in [0, 0.05) is 12.6 Å². The van der Waals surface area contributed by atoms with Gasteiger partial charge in [-0.05, 0) is 45.8 Å². The molecule has 106 valence electrons. The summed E-state index contributed by atoms with van der Waals surface area (Å²) in [7, 11) is 0. The van der Waals surface area contributed by atoms with Gasteiger partial charge in [0.2, 0.25) is 5.88 Å². The van der Waals surface area contributed by atoms with Crippen LogP contribution in [-0.4, -0.2) is 11.5 Å². The average Bonchev–Trinajstić information content (AvgIpc) is 2.51. The zero-order chi connectivity index (χ0) is 14.7. The molecular formula is C17H15BrN2O. The molecule has 4 heteroatoms. The normalized spacial score (nSPS) is 10.6. The minimum atomic E-state index is 0.574. The molecule has 0 radical (unpaired) electrons. The number of aromatic nitrogens is 1. The van der Waals surface area contributed by atoms with Gasteiger partial charge in [0.15, 0.2) is 0 Å². The lowest BCUT2D eigenvalue weighted by atomic mass is 10.1. The van der Waals surface area contributed by atoms with E-state index in [1.807, 2.05) is 49.4 Å². The van der Waals surface area contributed by atoms with E-state index < -0.39 is 0 Å². The summed E-state index contributed by atoms with van der Waals surface area (Å²) in [5.74, 6) is 2.14. The molecule has 1 N–H and O–H groups in total. The monoisotopic (exact) mass is 342 g/mol. The van der Waals surface area contributed by atoms with Gasteiger partial charge in [0.25, 0.3) is 0 Å². The van der Waals surface area contributed by atoms with E-state index in [1.165, 1.54) is 5.39 Å². The summed E-state index contributed by atoms with van der Waals surface area (Å²) in [6, 6.07) is 17.9. The molecule has 0 amide bonds. The maximum absolute atomic E-state index is 5.91. The summed E-state index contributed by atoms with van der Waals surface area (Å²) in [6.07, 6.45) is 0. The molecule has 0 fully saturated rings. The molecule has 1 aromatic heterocycles. The maximum atomic E-state index is 5.91. The Balaban J connectivity index is 1.94. The lowest BCUT2D eigenvalue weighted by Crippen LogP contribution is -1.99. The highest BCUT2D eigenvalue weighted by atomic mass is 79.9. The molecule has 0 aliphatic rings. The number of halogens is 1. The maximum Gasteiger partial charge on any atom is 0.221 e. The average molecular weight is 343 g/mol. The van der Waals surface area contributed by atoms with Crippen molar-refractivity contribution in [2.45, 2.75) is 6.92 Å². The van der Waals surface area contributed by atoms with Crippen LogP contribution in [-0.2, 0) is 0 Å². The Morgan fingerprint density at radius 3 is 2.76 bits per heavy atom. The third-order valence-electron chi connectivity index (χ3n) is 3.12. The first-order valence-corrected chi connectivity index (χ1v) is 7.63. The van der Waals surface area contributed by atoms with Crippen LogP contribution in [0.1, 0.15) is 6.92 Å². The molecule has 1 heterocycles. The van der Waals surface area contributed by atoms with Gasteiger partial charge in [-0.15, -0.1) is 0 Å². The summed E-state index contributed by atoms with van der Waals surface area (Å²) in [5.41, 5.74) is 0. The molecule has 3 rings (SSSR count). The first-order chi connectivity index (χ1) is 10.3. The van der Waals surface area contributed by atoms with Gasteiger partial charge in [0.1, 0.15) is 11.6 Å². The van der Waals surface area contributed by atoms with Gasteiger partial charge in [-0.25, -0.2) is 0 Å². The molecule has 3 nitrogen and oxygen atoms in total. The zero-order valence-electron chi connectivity index (χ0n) is 11.6. The van der Waals surface area contributed by atoms with E-state index in [0.29, 0.717) is 5.88 Å². The topological polar surface area (TPSA) is 34.1 Å². The zero-order valence-corrected chi connectivity index (χ0v) is 13.2. The number of pyridine rings is 1. The van der Waals surface area contributed by atoms with Crippen molar-refractivity contribution in [2.24, 2.45) is 0 Å². The summed E-state index contributed by atoms with van der Waals surface area (Å²) >= 11 is 3.62. The third-order valence-corrected chi connectivity index (χ3v) is 3.94. The van der Waals surface area contributed by atoms with Gasteiger partial charge in [0.05, 0.1) is 4.47 Å². The number of hydrogen-bond acceptors (Lipinski definition) is 3. The van der Waals surface area contributed by atoms with Crippen LogP contribution in [0.5, 0.6) is 11.6 Å². The van der Waals surface area contributed by atoms with Gasteiger partial charge in [-0.1, -0.05) is 36.4 Å². The summed E-state index contributed by atoms with van der Waals surface area (Å²) in [6.45, 7) is 2.87. The molecule has 0 aliphatic carbocycles. The molecule has 0 aliphatic heterocycles. The molecule has 0 saturated heterocycles. The lowest BCUT2D eigenvalue weighted by Gasteiger charge is -2.10. The molecule has 0 bridgehead atoms. The Bertz CT molecular complexity index is 774. The highest BCUT2D eigenvalue weighted by molar-refractivity contribution is 9.10. The van der Waals surface area contributed by atoms with Gasteiger partial charge < -0.3 is 10.1 Å². The predicted octanol–water partition coefficient (Wildman–Crippen LogP) is 5.22. The molecule has 0 spiro atoms. The van der Waals surface area contributed by atoms with Crippen molar-refractivity contribution in [1.82, 2.24) is 4.98 Å². The Labute approximate surface area is 132 Å². The number of nitrogens with zero attached hydrogens (tertiary/aromatic N) is 1. The van der Waals surface area contributed by atoms with E-state index in [1.54, 1.807) is 0 Å². The summed E-state index contributed by atoms with van der Waals surface area (Å²) in [4.78, 5) is 4.42. The van der Waals surface area contributed by atoms with E-state index >= 15 is 0 Å². The van der Waals surface area contributed by atoms with Crippen LogP contribution in [0, 0.1) is 0 Å². The second-order valence-electron chi connectivity index (χ2n) is 4.59. The van der Waals surface area contributed by atoms with Crippen LogP contribution in [0.3, 0.4) is 0 Å². The molecular weight excluding hydrogens is 328 g/mol. The van der Waals surface area contributed by atoms with Crippen molar-refractivity contribution in [1.29, 1.82) is 0 Å². The van der Waals surface area contributed by atoms with E-state index in [2.05, 4.69) is 38.4 Å². The first kappa shape index (κ1) is 13.9. The second kappa shape index (κ2) is 6.14. The van der Waals surface area contributed by atoms with E-state index in [-0.39, 0.29) is 0 Å². The third kappa shape index (κ3) is 3.00. The Hall–Kier alpha value is -2.07. The fourth-order valence-corrected chi connectivity index (χ4v) is 2.73. The molecule has 2 aromatic carbocycles. The van der Waals surface area contributed by atoms with Crippen LogP contribution < -0.4 is 10.1 Å². The summed E-state index contributed by atoms with van der Waals surface area (Å²) < 4.78 is 6.85. The Kier molecular flexibility index (Phi) is 4.06. The van der Waals surface area contributed by atoms with Gasteiger partial charge >= 0.3 is 0 Å². The summed E-state index contributed by atoms with van der Waals surface area (Å²) in [5, 5.41) is 5.47. The van der Waals surface area contributed by atoms with Crippen molar-refractivity contribution in [3.63, 3.8) is 0 Å². The minimum Gasteiger partial charge on any atom is -0.438 e. The highest BCUT2D eigenvalue weighted by Crippen LogP contribution is 2.35. The van der Waals surface area contributed by atoms with E-state index in [4.69, 9.17) is 4.74 Å². The molecule has 0 atom stereocenters. The molecule has 0 unspecified atom stereocenters. The number of fused-ring (bicyclic) bond motifs is 1. The largest absolute Gasteiger partial charge is 0.438 e. The van der Waals surface area contributed by atoms with Crippen molar-refractivity contribution in [2.75, 3.05) is 11.9 Å². The van der Waals surface area contributed by atoms with Crippen molar-refractivity contribution in [3.8, 4) is 11.6 Å². The number of nitrogens with one attached hydrogen (secondary N) is 1. The van der Waals surface area contributed by atoms with Crippen LogP contribution in [0.2, 0.25) is 0 Å². The van der Waals surface area contributed by atoms with E-state index in [9.17, 15) is 0 Å². The fraction of sp³-hybridized carbons (Fsp3) is 0.118. The number of benzene rings is 2. The molecule has 3 aromatic rings. The standard InChI is InChI=1S/C17H15BrN2O/c1-2-19-15-8-5-9-16(20-15)21-14-11-10-12-6-3-4-7-13(12)17(14)18/h3-11H,2H2,1H3,(H,19,20).